The van der Waals surface area contributed by atoms with Crippen molar-refractivity contribution in [3.8, 4) is 0 Å². The summed E-state index contributed by atoms with van der Waals surface area (Å²) in [5, 5.41) is 16.1. The van der Waals surface area contributed by atoms with Gasteiger partial charge in [0.2, 0.25) is 0 Å². The molecule has 0 saturated heterocycles. The minimum absolute atomic E-state index is 0.0949. The summed E-state index contributed by atoms with van der Waals surface area (Å²) in [5.74, 6) is -0.997. The van der Waals surface area contributed by atoms with Gasteiger partial charge in [0.25, 0.3) is 0 Å². The molecule has 0 aliphatic carbocycles. The predicted molar refractivity (Wildman–Crippen MR) is 52.5 cm³/mol. The minimum Gasteiger partial charge on any atom is -0.476 e. The molecule has 0 saturated carbocycles. The zero-order valence-electron chi connectivity index (χ0n) is 7.96. The summed E-state index contributed by atoms with van der Waals surface area (Å²) < 4.78 is 0. The molecule has 2 N–H and O–H groups in total. The summed E-state index contributed by atoms with van der Waals surface area (Å²) in [5.41, 5.74) is 2.90. The van der Waals surface area contributed by atoms with Crippen molar-refractivity contribution in [2.75, 3.05) is 0 Å². The number of aryl methyl sites for hydroxylation is 2. The van der Waals surface area contributed by atoms with E-state index in [1.807, 2.05) is 26.0 Å². The van der Waals surface area contributed by atoms with Crippen LogP contribution in [0.25, 0.3) is 10.9 Å². The number of benzene rings is 1. The molecule has 1 heterocycles. The third-order valence-corrected chi connectivity index (χ3v) is 2.21. The number of aromatic amines is 1. The van der Waals surface area contributed by atoms with Gasteiger partial charge in [-0.15, -0.1) is 0 Å². The number of aromatic carboxylic acids is 1. The van der Waals surface area contributed by atoms with Gasteiger partial charge in [0, 0.05) is 5.39 Å². The van der Waals surface area contributed by atoms with Crippen LogP contribution in [0.4, 0.5) is 0 Å². The van der Waals surface area contributed by atoms with E-state index in [0.717, 1.165) is 16.6 Å². The van der Waals surface area contributed by atoms with E-state index in [-0.39, 0.29) is 5.69 Å². The molecule has 0 spiro atoms. The molecule has 0 unspecified atom stereocenters. The zero-order chi connectivity index (χ0) is 10.3. The standard InChI is InChI=1S/C10H10N2O2/c1-5-3-6(2)8-7(4-5)11-12-9(8)10(13)14/h3-4H,1-2H3,(H,11,12)(H,13,14). The first kappa shape index (κ1) is 8.74. The maximum atomic E-state index is 10.8. The molecule has 0 atom stereocenters. The molecular formula is C10H10N2O2. The van der Waals surface area contributed by atoms with E-state index in [1.165, 1.54) is 0 Å². The number of carboxylic acids is 1. The molecule has 0 aliphatic rings. The van der Waals surface area contributed by atoms with E-state index in [4.69, 9.17) is 5.11 Å². The van der Waals surface area contributed by atoms with Crippen molar-refractivity contribution < 1.29 is 9.90 Å². The zero-order valence-corrected chi connectivity index (χ0v) is 7.96. The van der Waals surface area contributed by atoms with Gasteiger partial charge in [-0.25, -0.2) is 4.79 Å². The number of nitrogens with zero attached hydrogens (tertiary/aromatic N) is 1. The van der Waals surface area contributed by atoms with Gasteiger partial charge in [-0.2, -0.15) is 5.10 Å². The summed E-state index contributed by atoms with van der Waals surface area (Å²) in [6.07, 6.45) is 0. The molecule has 14 heavy (non-hydrogen) atoms. The highest BCUT2D eigenvalue weighted by Gasteiger charge is 2.14. The molecular weight excluding hydrogens is 180 g/mol. The molecule has 0 aliphatic heterocycles. The second-order valence-electron chi connectivity index (χ2n) is 3.38. The number of carbonyl (C=O) groups is 1. The number of hydrogen-bond donors (Lipinski definition) is 2. The number of aromatic nitrogens is 2. The molecule has 2 rings (SSSR count). The quantitative estimate of drug-likeness (QED) is 0.721. The first-order valence-electron chi connectivity index (χ1n) is 4.28. The summed E-state index contributed by atoms with van der Waals surface area (Å²) in [6, 6.07) is 3.84. The normalized spacial score (nSPS) is 10.7. The number of nitrogens with one attached hydrogen (secondary N) is 1. The average Bonchev–Trinajstić information content (AvgIpc) is 2.47. The van der Waals surface area contributed by atoms with Crippen LogP contribution in [-0.2, 0) is 0 Å². The topological polar surface area (TPSA) is 66.0 Å². The third-order valence-electron chi connectivity index (χ3n) is 2.21. The van der Waals surface area contributed by atoms with E-state index in [1.54, 1.807) is 0 Å². The lowest BCUT2D eigenvalue weighted by atomic mass is 10.1. The maximum absolute atomic E-state index is 10.8. The summed E-state index contributed by atoms with van der Waals surface area (Å²) in [7, 11) is 0. The van der Waals surface area contributed by atoms with E-state index >= 15 is 0 Å². The van der Waals surface area contributed by atoms with E-state index in [0.29, 0.717) is 5.39 Å². The first-order chi connectivity index (χ1) is 6.59. The number of fused-ring (bicyclic) bond motifs is 1. The molecule has 0 radical (unpaired) electrons. The Bertz CT molecular complexity index is 514. The highest BCUT2D eigenvalue weighted by Crippen LogP contribution is 2.21. The highest BCUT2D eigenvalue weighted by atomic mass is 16.4. The first-order valence-corrected chi connectivity index (χ1v) is 4.28. The second kappa shape index (κ2) is 2.83. The van der Waals surface area contributed by atoms with Crippen LogP contribution in [0.2, 0.25) is 0 Å². The van der Waals surface area contributed by atoms with Crippen LogP contribution in [0, 0.1) is 13.8 Å². The smallest absolute Gasteiger partial charge is 0.357 e. The minimum atomic E-state index is -0.997. The van der Waals surface area contributed by atoms with E-state index in [9.17, 15) is 4.79 Å². The highest BCUT2D eigenvalue weighted by molar-refractivity contribution is 6.02. The van der Waals surface area contributed by atoms with Gasteiger partial charge in [-0.05, 0) is 31.0 Å². The average molecular weight is 190 g/mol. The van der Waals surface area contributed by atoms with Crippen LogP contribution in [0.15, 0.2) is 12.1 Å². The molecule has 4 nitrogen and oxygen atoms in total. The third kappa shape index (κ3) is 1.16. The van der Waals surface area contributed by atoms with Crippen LogP contribution in [0.1, 0.15) is 21.6 Å². The van der Waals surface area contributed by atoms with Crippen LogP contribution in [-0.4, -0.2) is 21.3 Å². The van der Waals surface area contributed by atoms with Gasteiger partial charge < -0.3 is 5.11 Å². The Morgan fingerprint density at radius 3 is 2.79 bits per heavy atom. The van der Waals surface area contributed by atoms with Crippen molar-refractivity contribution in [2.24, 2.45) is 0 Å². The Hall–Kier alpha value is -1.84. The van der Waals surface area contributed by atoms with Crippen LogP contribution in [0.5, 0.6) is 0 Å². The Morgan fingerprint density at radius 1 is 1.43 bits per heavy atom. The van der Waals surface area contributed by atoms with Crippen molar-refractivity contribution >= 4 is 16.9 Å². The van der Waals surface area contributed by atoms with E-state index < -0.39 is 5.97 Å². The number of hydrogen-bond acceptors (Lipinski definition) is 2. The molecule has 0 fully saturated rings. The number of carboxylic acid groups (broad SMARTS) is 1. The number of rotatable bonds is 1. The second-order valence-corrected chi connectivity index (χ2v) is 3.38. The SMILES string of the molecule is Cc1cc(C)c2c(C(=O)O)n[nH]c2c1. The van der Waals surface area contributed by atoms with Gasteiger partial charge in [-0.1, -0.05) is 6.07 Å². The fourth-order valence-electron chi connectivity index (χ4n) is 1.70. The van der Waals surface area contributed by atoms with Gasteiger partial charge in [0.15, 0.2) is 5.69 Å². The largest absolute Gasteiger partial charge is 0.476 e. The van der Waals surface area contributed by atoms with Crippen molar-refractivity contribution in [1.29, 1.82) is 0 Å². The summed E-state index contributed by atoms with van der Waals surface area (Å²) >= 11 is 0. The fourth-order valence-corrected chi connectivity index (χ4v) is 1.70. The molecule has 1 aromatic heterocycles. The number of H-pyrrole nitrogens is 1. The summed E-state index contributed by atoms with van der Waals surface area (Å²) in [4.78, 5) is 10.8. The molecule has 0 bridgehead atoms. The Kier molecular flexibility index (Phi) is 1.77. The molecule has 1 aromatic carbocycles. The molecule has 0 amide bonds. The molecule has 4 heteroatoms. The van der Waals surface area contributed by atoms with Gasteiger partial charge in [0.05, 0.1) is 5.52 Å². The molecule has 72 valence electrons. The van der Waals surface area contributed by atoms with Crippen molar-refractivity contribution in [3.63, 3.8) is 0 Å². The Balaban J connectivity index is 2.85. The summed E-state index contributed by atoms with van der Waals surface area (Å²) in [6.45, 7) is 3.85. The monoisotopic (exact) mass is 190 g/mol. The predicted octanol–water partition coefficient (Wildman–Crippen LogP) is 1.88. The maximum Gasteiger partial charge on any atom is 0.357 e. The molecule has 2 aromatic rings. The lowest BCUT2D eigenvalue weighted by molar-refractivity contribution is 0.0692. The Labute approximate surface area is 80.6 Å². The van der Waals surface area contributed by atoms with Gasteiger partial charge >= 0.3 is 5.97 Å². The lowest BCUT2D eigenvalue weighted by Gasteiger charge is -1.98. The fraction of sp³-hybridized carbons (Fsp3) is 0.200. The Morgan fingerprint density at radius 2 is 2.14 bits per heavy atom. The van der Waals surface area contributed by atoms with Crippen molar-refractivity contribution in [3.05, 3.63) is 29.0 Å². The van der Waals surface area contributed by atoms with Gasteiger partial charge in [-0.3, -0.25) is 5.10 Å². The van der Waals surface area contributed by atoms with Gasteiger partial charge in [0.1, 0.15) is 0 Å². The van der Waals surface area contributed by atoms with Crippen LogP contribution < -0.4 is 0 Å². The van der Waals surface area contributed by atoms with E-state index in [2.05, 4.69) is 10.2 Å². The van der Waals surface area contributed by atoms with Crippen molar-refractivity contribution in [1.82, 2.24) is 10.2 Å². The van der Waals surface area contributed by atoms with Crippen LogP contribution in [0.3, 0.4) is 0 Å². The van der Waals surface area contributed by atoms with Crippen LogP contribution >= 0.6 is 0 Å². The lowest BCUT2D eigenvalue weighted by Crippen LogP contribution is -1.97. The van der Waals surface area contributed by atoms with Crippen molar-refractivity contribution in [2.45, 2.75) is 13.8 Å².